The first-order chi connectivity index (χ1) is 14.2. The molecule has 2 aromatic heterocycles. The third kappa shape index (κ3) is 4.21. The Hall–Kier alpha value is -2.06. The maximum Gasteiger partial charge on any atom is 0.434 e. The number of halogens is 4. The molecule has 2 aliphatic rings. The molecule has 1 aliphatic carbocycles. The lowest BCUT2D eigenvalue weighted by Gasteiger charge is -2.60. The Balaban J connectivity index is 0.00000124. The minimum atomic E-state index is -4.56. The van der Waals surface area contributed by atoms with E-state index < -0.39 is 23.0 Å². The number of methoxy groups -OCH3 is 1. The van der Waals surface area contributed by atoms with Crippen LogP contribution in [0, 0.1) is 11.3 Å². The molecule has 4 rings (SSSR count). The number of alkyl halides is 3. The number of pyridine rings is 2. The number of aromatic nitrogens is 2. The SMILES string of the molecule is CC.COc1ccncc1C(O)C1CC2(C1)CN(c1cnc(C(F)(F)F)c(Cl)c1)C2. The molecule has 1 aliphatic heterocycles. The molecule has 0 aromatic carbocycles. The van der Waals surface area contributed by atoms with E-state index >= 15 is 0 Å². The Kier molecular flexibility index (Phi) is 6.48. The third-order valence-electron chi connectivity index (χ3n) is 5.70. The highest BCUT2D eigenvalue weighted by Crippen LogP contribution is 2.57. The third-order valence-corrected chi connectivity index (χ3v) is 5.99. The molecule has 1 atom stereocenters. The predicted octanol–water partition coefficient (Wildman–Crippen LogP) is 5.13. The Morgan fingerprint density at radius 2 is 1.93 bits per heavy atom. The Morgan fingerprint density at radius 3 is 2.50 bits per heavy atom. The standard InChI is InChI=1S/C19H19ClF3N3O2.C2H6/c1-28-15-2-3-24-8-13(15)16(27)11-5-18(6-11)9-26(10-18)12-4-14(20)17(25-7-12)19(21,22)23;1-2/h2-4,7-8,11,16,27H,5-6,9-10H2,1H3;1-2H3. The number of hydrogen-bond donors (Lipinski definition) is 1. The van der Waals surface area contributed by atoms with Crippen molar-refractivity contribution in [3.05, 3.63) is 47.0 Å². The summed E-state index contributed by atoms with van der Waals surface area (Å²) in [4.78, 5) is 9.51. The highest BCUT2D eigenvalue weighted by molar-refractivity contribution is 6.31. The van der Waals surface area contributed by atoms with Crippen molar-refractivity contribution in [2.75, 3.05) is 25.1 Å². The van der Waals surface area contributed by atoms with Crippen LogP contribution < -0.4 is 9.64 Å². The van der Waals surface area contributed by atoms with Crippen LogP contribution in [0.1, 0.15) is 44.1 Å². The molecule has 2 fully saturated rings. The van der Waals surface area contributed by atoms with Gasteiger partial charge in [-0.3, -0.25) is 4.98 Å². The van der Waals surface area contributed by atoms with Crippen molar-refractivity contribution in [2.24, 2.45) is 11.3 Å². The Morgan fingerprint density at radius 1 is 1.27 bits per heavy atom. The van der Waals surface area contributed by atoms with Gasteiger partial charge in [0.05, 0.1) is 30.1 Å². The smallest absolute Gasteiger partial charge is 0.434 e. The van der Waals surface area contributed by atoms with Crippen LogP contribution in [0.25, 0.3) is 0 Å². The van der Waals surface area contributed by atoms with Gasteiger partial charge in [0.1, 0.15) is 5.75 Å². The van der Waals surface area contributed by atoms with Crippen LogP contribution in [-0.2, 0) is 6.18 Å². The minimum Gasteiger partial charge on any atom is -0.496 e. The largest absolute Gasteiger partial charge is 0.496 e. The summed E-state index contributed by atoms with van der Waals surface area (Å²) in [5, 5.41) is 10.3. The van der Waals surface area contributed by atoms with E-state index in [1.807, 2.05) is 18.7 Å². The first kappa shape index (κ1) is 22.6. The number of rotatable bonds is 4. The van der Waals surface area contributed by atoms with Gasteiger partial charge in [-0.1, -0.05) is 25.4 Å². The molecule has 1 saturated carbocycles. The van der Waals surface area contributed by atoms with Crippen molar-refractivity contribution in [3.8, 4) is 5.75 Å². The fraction of sp³-hybridized carbons (Fsp3) is 0.524. The molecular formula is C21H25ClF3N3O2. The molecule has 5 nitrogen and oxygen atoms in total. The molecule has 0 radical (unpaired) electrons. The van der Waals surface area contributed by atoms with Crippen LogP contribution in [0.15, 0.2) is 30.7 Å². The fourth-order valence-corrected chi connectivity index (χ4v) is 4.61. The molecule has 0 amide bonds. The number of aliphatic hydroxyl groups is 1. The summed E-state index contributed by atoms with van der Waals surface area (Å²) in [6.45, 7) is 5.42. The summed E-state index contributed by atoms with van der Waals surface area (Å²) < 4.78 is 43.6. The summed E-state index contributed by atoms with van der Waals surface area (Å²) in [6.07, 6.45) is 0.922. The van der Waals surface area contributed by atoms with E-state index in [1.54, 1.807) is 25.6 Å². The molecule has 3 heterocycles. The zero-order valence-electron chi connectivity index (χ0n) is 17.1. The quantitative estimate of drug-likeness (QED) is 0.709. The molecule has 0 bridgehead atoms. The van der Waals surface area contributed by atoms with Crippen molar-refractivity contribution in [1.82, 2.24) is 9.97 Å². The van der Waals surface area contributed by atoms with Gasteiger partial charge in [0.15, 0.2) is 5.69 Å². The molecule has 1 saturated heterocycles. The minimum absolute atomic E-state index is 0.0796. The van der Waals surface area contributed by atoms with Gasteiger partial charge in [-0.15, -0.1) is 0 Å². The number of anilines is 1. The van der Waals surface area contributed by atoms with Crippen LogP contribution in [0.4, 0.5) is 18.9 Å². The van der Waals surface area contributed by atoms with Crippen molar-refractivity contribution in [1.29, 1.82) is 0 Å². The summed E-state index contributed by atoms with van der Waals surface area (Å²) in [7, 11) is 1.56. The highest BCUT2D eigenvalue weighted by atomic mass is 35.5. The summed E-state index contributed by atoms with van der Waals surface area (Å²) in [5.74, 6) is 0.721. The fourth-order valence-electron chi connectivity index (χ4n) is 4.35. The average Bonchev–Trinajstić information content (AvgIpc) is 2.66. The van der Waals surface area contributed by atoms with Crippen LogP contribution in [0.5, 0.6) is 5.75 Å². The number of ether oxygens (including phenoxy) is 1. The Bertz CT molecular complexity index is 880. The van der Waals surface area contributed by atoms with E-state index in [0.717, 1.165) is 12.8 Å². The van der Waals surface area contributed by atoms with E-state index in [-0.39, 0.29) is 11.3 Å². The molecule has 164 valence electrons. The van der Waals surface area contributed by atoms with Crippen LogP contribution in [0.2, 0.25) is 5.02 Å². The van der Waals surface area contributed by atoms with Crippen molar-refractivity contribution in [3.63, 3.8) is 0 Å². The average molecular weight is 444 g/mol. The lowest BCUT2D eigenvalue weighted by Crippen LogP contribution is -2.63. The second kappa shape index (κ2) is 8.59. The molecule has 1 unspecified atom stereocenters. The number of aliphatic hydroxyl groups excluding tert-OH is 1. The maximum atomic E-state index is 12.8. The summed E-state index contributed by atoms with van der Waals surface area (Å²) in [5.41, 5.74) is 0.280. The van der Waals surface area contributed by atoms with E-state index in [2.05, 4.69) is 9.97 Å². The normalized spacial score (nSPS) is 18.7. The molecule has 1 N–H and O–H groups in total. The molecule has 30 heavy (non-hydrogen) atoms. The van der Waals surface area contributed by atoms with Gasteiger partial charge >= 0.3 is 6.18 Å². The van der Waals surface area contributed by atoms with Crippen molar-refractivity contribution in [2.45, 2.75) is 39.0 Å². The topological polar surface area (TPSA) is 58.5 Å². The first-order valence-electron chi connectivity index (χ1n) is 9.86. The number of hydrogen-bond acceptors (Lipinski definition) is 5. The van der Waals surface area contributed by atoms with Crippen molar-refractivity contribution >= 4 is 17.3 Å². The Labute approximate surface area is 178 Å². The van der Waals surface area contributed by atoms with E-state index in [9.17, 15) is 18.3 Å². The van der Waals surface area contributed by atoms with Gasteiger partial charge in [-0.05, 0) is 30.9 Å². The maximum absolute atomic E-state index is 12.8. The summed E-state index contributed by atoms with van der Waals surface area (Å²) >= 11 is 5.76. The van der Waals surface area contributed by atoms with E-state index in [0.29, 0.717) is 30.1 Å². The van der Waals surface area contributed by atoms with Gasteiger partial charge in [0.2, 0.25) is 0 Å². The molecule has 2 aromatic rings. The van der Waals surface area contributed by atoms with Crippen LogP contribution in [-0.4, -0.2) is 35.3 Å². The van der Waals surface area contributed by atoms with Gasteiger partial charge in [-0.25, -0.2) is 4.98 Å². The number of nitrogens with zero attached hydrogens (tertiary/aromatic N) is 3. The van der Waals surface area contributed by atoms with Gasteiger partial charge in [0, 0.05) is 36.5 Å². The first-order valence-corrected chi connectivity index (χ1v) is 10.2. The van der Waals surface area contributed by atoms with Crippen molar-refractivity contribution < 1.29 is 23.0 Å². The second-order valence-electron chi connectivity index (χ2n) is 7.61. The summed E-state index contributed by atoms with van der Waals surface area (Å²) in [6, 6.07) is 3.04. The van der Waals surface area contributed by atoms with Crippen LogP contribution in [0.3, 0.4) is 0 Å². The van der Waals surface area contributed by atoms with Gasteiger partial charge in [0.25, 0.3) is 0 Å². The highest BCUT2D eigenvalue weighted by Gasteiger charge is 2.54. The molecule has 1 spiro atoms. The molecular weight excluding hydrogens is 419 g/mol. The zero-order chi connectivity index (χ0) is 22.1. The second-order valence-corrected chi connectivity index (χ2v) is 8.02. The van der Waals surface area contributed by atoms with Gasteiger partial charge in [-0.2, -0.15) is 13.2 Å². The van der Waals surface area contributed by atoms with E-state index in [1.165, 1.54) is 12.3 Å². The monoisotopic (exact) mass is 443 g/mol. The predicted molar refractivity (Wildman–Crippen MR) is 109 cm³/mol. The zero-order valence-corrected chi connectivity index (χ0v) is 17.8. The lowest BCUT2D eigenvalue weighted by molar-refractivity contribution is -0.141. The van der Waals surface area contributed by atoms with E-state index in [4.69, 9.17) is 16.3 Å². The van der Waals surface area contributed by atoms with Crippen LogP contribution >= 0.6 is 11.6 Å². The van der Waals surface area contributed by atoms with Gasteiger partial charge < -0.3 is 14.7 Å². The lowest BCUT2D eigenvalue weighted by atomic mass is 9.55. The molecule has 9 heteroatoms.